The predicted octanol–water partition coefficient (Wildman–Crippen LogP) is -0.111. The van der Waals surface area contributed by atoms with Crippen molar-refractivity contribution in [2.45, 2.75) is 25.3 Å². The molecule has 1 heterocycles. The lowest BCUT2D eigenvalue weighted by Crippen LogP contribution is -2.48. The molecule has 1 aliphatic heterocycles. The molecule has 1 aliphatic rings. The third-order valence-corrected chi connectivity index (χ3v) is 2.61. The Morgan fingerprint density at radius 3 is 2.76 bits per heavy atom. The van der Waals surface area contributed by atoms with Gasteiger partial charge in [0.1, 0.15) is 0 Å². The average Bonchev–Trinajstić information content (AvgIpc) is 2.29. The van der Waals surface area contributed by atoms with Crippen molar-refractivity contribution in [3.63, 3.8) is 0 Å². The number of imide groups is 1. The number of nitrogens with one attached hydrogen (secondary N) is 2. The van der Waals surface area contributed by atoms with Crippen LogP contribution in [0.1, 0.15) is 19.3 Å². The van der Waals surface area contributed by atoms with Crippen LogP contribution < -0.4 is 10.6 Å². The summed E-state index contributed by atoms with van der Waals surface area (Å²) >= 11 is 0. The third-order valence-electron chi connectivity index (χ3n) is 2.61. The molecule has 2 N–H and O–H groups in total. The third kappa shape index (κ3) is 5.60. The van der Waals surface area contributed by atoms with E-state index in [4.69, 9.17) is 0 Å². The zero-order chi connectivity index (χ0) is 12.7. The van der Waals surface area contributed by atoms with Gasteiger partial charge in [0.05, 0.1) is 6.04 Å². The van der Waals surface area contributed by atoms with Crippen LogP contribution in [0.25, 0.3) is 0 Å². The van der Waals surface area contributed by atoms with Crippen LogP contribution in [-0.2, 0) is 9.59 Å². The highest BCUT2D eigenvalue weighted by atomic mass is 16.2. The number of carbonyl (C=O) groups excluding carboxylic acids is 2. The number of carbonyl (C=O) groups is 2. The van der Waals surface area contributed by atoms with Crippen molar-refractivity contribution >= 4 is 11.8 Å². The molecule has 5 nitrogen and oxygen atoms in total. The fourth-order valence-corrected chi connectivity index (χ4v) is 1.70. The van der Waals surface area contributed by atoms with Crippen LogP contribution >= 0.6 is 0 Å². The normalized spacial score (nSPS) is 20.8. The standard InChI is InChI=1S/C12H21N3O2/c1-15(2)9-5-7-11(16)14-12(17)10-6-3-4-8-13-10/h5,7,10,13H,3-4,6,8-9H2,1-2H3,(H,14,16,17). The van der Waals surface area contributed by atoms with Gasteiger partial charge >= 0.3 is 0 Å². The van der Waals surface area contributed by atoms with Crippen LogP contribution in [-0.4, -0.2) is 49.9 Å². The highest BCUT2D eigenvalue weighted by molar-refractivity contribution is 6.02. The SMILES string of the molecule is CN(C)CC=CC(=O)NC(=O)C1CCCCN1. The van der Waals surface area contributed by atoms with E-state index in [0.717, 1.165) is 25.8 Å². The largest absolute Gasteiger partial charge is 0.306 e. The van der Waals surface area contributed by atoms with Gasteiger partial charge in [-0.1, -0.05) is 12.5 Å². The highest BCUT2D eigenvalue weighted by Crippen LogP contribution is 2.06. The second kappa shape index (κ2) is 7.19. The van der Waals surface area contributed by atoms with E-state index in [0.29, 0.717) is 6.54 Å². The fraction of sp³-hybridized carbons (Fsp3) is 0.667. The van der Waals surface area contributed by atoms with E-state index in [-0.39, 0.29) is 17.9 Å². The van der Waals surface area contributed by atoms with Crippen LogP contribution in [0.3, 0.4) is 0 Å². The maximum Gasteiger partial charge on any atom is 0.250 e. The molecule has 0 aromatic carbocycles. The van der Waals surface area contributed by atoms with Crippen molar-refractivity contribution in [1.82, 2.24) is 15.5 Å². The van der Waals surface area contributed by atoms with Crippen LogP contribution in [0.4, 0.5) is 0 Å². The summed E-state index contributed by atoms with van der Waals surface area (Å²) in [6.45, 7) is 1.53. The molecular formula is C12H21N3O2. The number of likely N-dealkylation sites (N-methyl/N-ethyl adjacent to an activating group) is 1. The number of hydrogen-bond donors (Lipinski definition) is 2. The molecule has 96 valence electrons. The Balaban J connectivity index is 2.29. The van der Waals surface area contributed by atoms with Crippen molar-refractivity contribution in [3.8, 4) is 0 Å². The summed E-state index contributed by atoms with van der Waals surface area (Å²) in [5, 5.41) is 5.48. The van der Waals surface area contributed by atoms with Gasteiger partial charge in [-0.3, -0.25) is 14.9 Å². The maximum absolute atomic E-state index is 11.7. The Morgan fingerprint density at radius 2 is 2.18 bits per heavy atom. The Labute approximate surface area is 102 Å². The number of piperidine rings is 1. The number of rotatable bonds is 4. The minimum Gasteiger partial charge on any atom is -0.306 e. The minimum absolute atomic E-state index is 0.213. The monoisotopic (exact) mass is 239 g/mol. The quantitative estimate of drug-likeness (QED) is 0.672. The van der Waals surface area contributed by atoms with Crippen LogP contribution in [0.2, 0.25) is 0 Å². The fourth-order valence-electron chi connectivity index (χ4n) is 1.70. The smallest absolute Gasteiger partial charge is 0.250 e. The van der Waals surface area contributed by atoms with Crippen molar-refractivity contribution in [2.75, 3.05) is 27.2 Å². The first-order chi connectivity index (χ1) is 8.09. The molecule has 1 atom stereocenters. The molecule has 0 aromatic heterocycles. The lowest BCUT2D eigenvalue weighted by Gasteiger charge is -2.21. The lowest BCUT2D eigenvalue weighted by molar-refractivity contribution is -0.129. The lowest BCUT2D eigenvalue weighted by atomic mass is 10.0. The first-order valence-electron chi connectivity index (χ1n) is 5.99. The number of hydrogen-bond acceptors (Lipinski definition) is 4. The Bertz CT molecular complexity index is 294. The zero-order valence-corrected chi connectivity index (χ0v) is 10.5. The molecular weight excluding hydrogens is 218 g/mol. The summed E-state index contributed by atoms with van der Waals surface area (Å²) in [6.07, 6.45) is 6.08. The van der Waals surface area contributed by atoms with E-state index in [2.05, 4.69) is 10.6 Å². The van der Waals surface area contributed by atoms with Crippen LogP contribution in [0.5, 0.6) is 0 Å². The number of amides is 2. The summed E-state index contributed by atoms with van der Waals surface area (Å²) in [5.74, 6) is -0.562. The Kier molecular flexibility index (Phi) is 5.86. The molecule has 0 saturated carbocycles. The Hall–Kier alpha value is -1.20. The van der Waals surface area contributed by atoms with E-state index in [1.165, 1.54) is 6.08 Å². The molecule has 0 aliphatic carbocycles. The molecule has 1 saturated heterocycles. The number of nitrogens with zero attached hydrogens (tertiary/aromatic N) is 1. The summed E-state index contributed by atoms with van der Waals surface area (Å²) < 4.78 is 0. The Morgan fingerprint density at radius 1 is 1.41 bits per heavy atom. The molecule has 1 fully saturated rings. The summed E-state index contributed by atoms with van der Waals surface area (Å²) in [4.78, 5) is 25.0. The van der Waals surface area contributed by atoms with Gasteiger partial charge in [-0.25, -0.2) is 0 Å². The van der Waals surface area contributed by atoms with Crippen molar-refractivity contribution in [2.24, 2.45) is 0 Å². The second-order valence-corrected chi connectivity index (χ2v) is 4.52. The topological polar surface area (TPSA) is 61.4 Å². The zero-order valence-electron chi connectivity index (χ0n) is 10.5. The molecule has 0 radical (unpaired) electrons. The first kappa shape index (κ1) is 13.9. The van der Waals surface area contributed by atoms with E-state index < -0.39 is 0 Å². The maximum atomic E-state index is 11.7. The second-order valence-electron chi connectivity index (χ2n) is 4.52. The van der Waals surface area contributed by atoms with Gasteiger partial charge in [-0.15, -0.1) is 0 Å². The highest BCUT2D eigenvalue weighted by Gasteiger charge is 2.21. The van der Waals surface area contributed by atoms with Gasteiger partial charge in [0, 0.05) is 12.6 Å². The molecule has 1 rings (SSSR count). The van der Waals surface area contributed by atoms with E-state index in [1.807, 2.05) is 19.0 Å². The molecule has 2 amide bonds. The van der Waals surface area contributed by atoms with E-state index in [1.54, 1.807) is 6.08 Å². The van der Waals surface area contributed by atoms with Gasteiger partial charge < -0.3 is 10.2 Å². The van der Waals surface area contributed by atoms with Gasteiger partial charge in [-0.05, 0) is 33.5 Å². The molecule has 5 heteroatoms. The van der Waals surface area contributed by atoms with Crippen molar-refractivity contribution < 1.29 is 9.59 Å². The van der Waals surface area contributed by atoms with E-state index >= 15 is 0 Å². The average molecular weight is 239 g/mol. The van der Waals surface area contributed by atoms with E-state index in [9.17, 15) is 9.59 Å². The molecule has 0 aromatic rings. The van der Waals surface area contributed by atoms with Gasteiger partial charge in [0.2, 0.25) is 11.8 Å². The summed E-state index contributed by atoms with van der Waals surface area (Å²) in [6, 6.07) is -0.213. The van der Waals surface area contributed by atoms with Crippen LogP contribution in [0, 0.1) is 0 Å². The van der Waals surface area contributed by atoms with Gasteiger partial charge in [0.15, 0.2) is 0 Å². The molecule has 0 bridgehead atoms. The first-order valence-corrected chi connectivity index (χ1v) is 5.99. The molecule has 17 heavy (non-hydrogen) atoms. The molecule has 0 spiro atoms. The summed E-state index contributed by atoms with van der Waals surface area (Å²) in [5.41, 5.74) is 0. The van der Waals surface area contributed by atoms with Crippen molar-refractivity contribution in [3.05, 3.63) is 12.2 Å². The predicted molar refractivity (Wildman–Crippen MR) is 66.5 cm³/mol. The van der Waals surface area contributed by atoms with Gasteiger partial charge in [0.25, 0.3) is 0 Å². The minimum atomic E-state index is -0.343. The van der Waals surface area contributed by atoms with Crippen LogP contribution in [0.15, 0.2) is 12.2 Å². The summed E-state index contributed by atoms with van der Waals surface area (Å²) in [7, 11) is 3.83. The van der Waals surface area contributed by atoms with Gasteiger partial charge in [-0.2, -0.15) is 0 Å². The molecule has 1 unspecified atom stereocenters. The van der Waals surface area contributed by atoms with Crippen molar-refractivity contribution in [1.29, 1.82) is 0 Å².